The number of aliphatic hydroxyl groups is 1. The van der Waals surface area contributed by atoms with E-state index in [0.717, 1.165) is 32.4 Å². The van der Waals surface area contributed by atoms with E-state index in [9.17, 15) is 5.11 Å². The zero-order valence-electron chi connectivity index (χ0n) is 11.2. The van der Waals surface area contributed by atoms with Crippen molar-refractivity contribution in [3.05, 3.63) is 35.9 Å². The summed E-state index contributed by atoms with van der Waals surface area (Å²) in [4.78, 5) is 0. The van der Waals surface area contributed by atoms with Gasteiger partial charge in [-0.3, -0.25) is 0 Å². The third-order valence-electron chi connectivity index (χ3n) is 3.90. The highest BCUT2D eigenvalue weighted by Crippen LogP contribution is 2.28. The summed E-state index contributed by atoms with van der Waals surface area (Å²) in [7, 11) is 0. The van der Waals surface area contributed by atoms with Crippen LogP contribution in [0, 0.1) is 0 Å². The van der Waals surface area contributed by atoms with E-state index in [2.05, 4.69) is 35.6 Å². The molecule has 0 atom stereocenters. The number of unbranched alkanes of at least 4 members (excludes halogenated alkanes) is 1. The van der Waals surface area contributed by atoms with Gasteiger partial charge in [0.05, 0.1) is 5.60 Å². The van der Waals surface area contributed by atoms with Crippen molar-refractivity contribution in [2.75, 3.05) is 13.1 Å². The summed E-state index contributed by atoms with van der Waals surface area (Å²) in [5.41, 5.74) is 1.02. The van der Waals surface area contributed by atoms with Crippen molar-refractivity contribution in [2.24, 2.45) is 0 Å². The van der Waals surface area contributed by atoms with Crippen LogP contribution in [0.15, 0.2) is 30.3 Å². The number of rotatable bonds is 7. The normalized spacial score (nSPS) is 18.1. The molecule has 2 N–H and O–H groups in total. The van der Waals surface area contributed by atoms with Gasteiger partial charge in [0.2, 0.25) is 0 Å². The van der Waals surface area contributed by atoms with Crippen molar-refractivity contribution in [2.45, 2.75) is 50.5 Å². The Hall–Kier alpha value is -0.860. The minimum absolute atomic E-state index is 0.403. The van der Waals surface area contributed by atoms with Crippen LogP contribution in [0.25, 0.3) is 0 Å². The minimum atomic E-state index is -0.403. The number of aryl methyl sites for hydroxylation is 1. The first kappa shape index (κ1) is 13.6. The Labute approximate surface area is 110 Å². The van der Waals surface area contributed by atoms with E-state index in [1.807, 2.05) is 0 Å². The first-order chi connectivity index (χ1) is 8.79. The summed E-state index contributed by atoms with van der Waals surface area (Å²) in [5.74, 6) is 0. The molecule has 1 aromatic carbocycles. The molecule has 1 aliphatic carbocycles. The number of hydrogen-bond donors (Lipinski definition) is 2. The SMILES string of the molecule is OC1(CNCCCCc2ccccc2)CCCC1. The molecule has 1 aromatic rings. The molecule has 0 bridgehead atoms. The van der Waals surface area contributed by atoms with Crippen LogP contribution in [0.4, 0.5) is 0 Å². The van der Waals surface area contributed by atoms with Gasteiger partial charge in [-0.05, 0) is 44.2 Å². The molecule has 1 fully saturated rings. The van der Waals surface area contributed by atoms with Crippen molar-refractivity contribution in [1.82, 2.24) is 5.32 Å². The van der Waals surface area contributed by atoms with Gasteiger partial charge in [0.15, 0.2) is 0 Å². The van der Waals surface area contributed by atoms with Crippen molar-refractivity contribution >= 4 is 0 Å². The van der Waals surface area contributed by atoms with Crippen LogP contribution in [-0.2, 0) is 6.42 Å². The molecule has 2 nitrogen and oxygen atoms in total. The van der Waals surface area contributed by atoms with Gasteiger partial charge in [-0.25, -0.2) is 0 Å². The quantitative estimate of drug-likeness (QED) is 0.726. The van der Waals surface area contributed by atoms with E-state index in [1.165, 1.54) is 31.2 Å². The molecule has 1 aliphatic rings. The van der Waals surface area contributed by atoms with Gasteiger partial charge < -0.3 is 10.4 Å². The van der Waals surface area contributed by atoms with E-state index in [0.29, 0.717) is 0 Å². The maximum absolute atomic E-state index is 10.2. The number of nitrogens with one attached hydrogen (secondary N) is 1. The van der Waals surface area contributed by atoms with Crippen molar-refractivity contribution in [1.29, 1.82) is 0 Å². The van der Waals surface area contributed by atoms with Crippen LogP contribution < -0.4 is 5.32 Å². The molecule has 0 radical (unpaired) electrons. The Bertz CT molecular complexity index is 330. The van der Waals surface area contributed by atoms with E-state index >= 15 is 0 Å². The van der Waals surface area contributed by atoms with Crippen molar-refractivity contribution in [3.63, 3.8) is 0 Å². The lowest BCUT2D eigenvalue weighted by atomic mass is 10.0. The monoisotopic (exact) mass is 247 g/mol. The van der Waals surface area contributed by atoms with Crippen molar-refractivity contribution in [3.8, 4) is 0 Å². The molecule has 2 heteroatoms. The summed E-state index contributed by atoms with van der Waals surface area (Å²) in [6, 6.07) is 10.6. The molecule has 100 valence electrons. The molecule has 0 amide bonds. The van der Waals surface area contributed by atoms with Gasteiger partial charge in [0.25, 0.3) is 0 Å². The molecule has 0 aliphatic heterocycles. The zero-order chi connectivity index (χ0) is 12.7. The molecule has 2 rings (SSSR count). The Morgan fingerprint density at radius 1 is 1.06 bits per heavy atom. The number of benzene rings is 1. The summed E-state index contributed by atoms with van der Waals surface area (Å²) < 4.78 is 0. The maximum atomic E-state index is 10.2. The first-order valence-corrected chi connectivity index (χ1v) is 7.26. The fraction of sp³-hybridized carbons (Fsp3) is 0.625. The van der Waals surface area contributed by atoms with Crippen LogP contribution >= 0.6 is 0 Å². The smallest absolute Gasteiger partial charge is 0.0771 e. The van der Waals surface area contributed by atoms with Gasteiger partial charge in [-0.2, -0.15) is 0 Å². The van der Waals surface area contributed by atoms with Crippen LogP contribution in [0.2, 0.25) is 0 Å². The second-order valence-corrected chi connectivity index (χ2v) is 5.55. The fourth-order valence-corrected chi connectivity index (χ4v) is 2.75. The summed E-state index contributed by atoms with van der Waals surface area (Å²) >= 11 is 0. The summed E-state index contributed by atoms with van der Waals surface area (Å²) in [5, 5.41) is 13.6. The van der Waals surface area contributed by atoms with Crippen LogP contribution in [0.5, 0.6) is 0 Å². The van der Waals surface area contributed by atoms with E-state index in [1.54, 1.807) is 0 Å². The van der Waals surface area contributed by atoms with E-state index in [4.69, 9.17) is 0 Å². The lowest BCUT2D eigenvalue weighted by Gasteiger charge is -2.22. The Morgan fingerprint density at radius 2 is 1.78 bits per heavy atom. The third-order valence-corrected chi connectivity index (χ3v) is 3.90. The minimum Gasteiger partial charge on any atom is -0.389 e. The molecule has 0 saturated heterocycles. The molecule has 1 saturated carbocycles. The summed E-state index contributed by atoms with van der Waals surface area (Å²) in [6.07, 6.45) is 7.89. The predicted molar refractivity (Wildman–Crippen MR) is 75.7 cm³/mol. The topological polar surface area (TPSA) is 32.3 Å². The van der Waals surface area contributed by atoms with Gasteiger partial charge in [-0.15, -0.1) is 0 Å². The van der Waals surface area contributed by atoms with Gasteiger partial charge in [0, 0.05) is 6.54 Å². The fourth-order valence-electron chi connectivity index (χ4n) is 2.75. The van der Waals surface area contributed by atoms with Crippen molar-refractivity contribution < 1.29 is 5.11 Å². The van der Waals surface area contributed by atoms with E-state index in [-0.39, 0.29) is 0 Å². The highest BCUT2D eigenvalue weighted by molar-refractivity contribution is 5.14. The van der Waals surface area contributed by atoms with E-state index < -0.39 is 5.60 Å². The highest BCUT2D eigenvalue weighted by atomic mass is 16.3. The van der Waals surface area contributed by atoms with Gasteiger partial charge in [-0.1, -0.05) is 43.2 Å². The standard InChI is InChI=1S/C16H25NO/c18-16(11-5-6-12-16)14-17-13-7-4-10-15-8-2-1-3-9-15/h1-3,8-9,17-18H,4-7,10-14H2. The second-order valence-electron chi connectivity index (χ2n) is 5.55. The molecule has 18 heavy (non-hydrogen) atoms. The first-order valence-electron chi connectivity index (χ1n) is 7.26. The Kier molecular flexibility index (Phi) is 5.21. The van der Waals surface area contributed by atoms with Crippen LogP contribution in [-0.4, -0.2) is 23.8 Å². The lowest BCUT2D eigenvalue weighted by Crippen LogP contribution is -2.38. The Balaban J connectivity index is 1.51. The molecule has 0 spiro atoms. The second kappa shape index (κ2) is 6.91. The average Bonchev–Trinajstić information content (AvgIpc) is 2.82. The largest absolute Gasteiger partial charge is 0.389 e. The van der Waals surface area contributed by atoms with Crippen LogP contribution in [0.1, 0.15) is 44.1 Å². The molecular formula is C16H25NO. The zero-order valence-corrected chi connectivity index (χ0v) is 11.2. The maximum Gasteiger partial charge on any atom is 0.0771 e. The van der Waals surface area contributed by atoms with Gasteiger partial charge >= 0.3 is 0 Å². The Morgan fingerprint density at radius 3 is 2.50 bits per heavy atom. The molecule has 0 unspecified atom stereocenters. The predicted octanol–water partition coefficient (Wildman–Crippen LogP) is 2.90. The lowest BCUT2D eigenvalue weighted by molar-refractivity contribution is 0.0479. The molecule has 0 aromatic heterocycles. The highest BCUT2D eigenvalue weighted by Gasteiger charge is 2.30. The van der Waals surface area contributed by atoms with Gasteiger partial charge in [0.1, 0.15) is 0 Å². The molecular weight excluding hydrogens is 222 g/mol. The average molecular weight is 247 g/mol. The summed E-state index contributed by atoms with van der Waals surface area (Å²) in [6.45, 7) is 1.80. The number of hydrogen-bond acceptors (Lipinski definition) is 2. The van der Waals surface area contributed by atoms with Crippen LogP contribution in [0.3, 0.4) is 0 Å². The third kappa shape index (κ3) is 4.43. The molecule has 0 heterocycles.